The van der Waals surface area contributed by atoms with E-state index in [1.807, 2.05) is 109 Å². The lowest BCUT2D eigenvalue weighted by molar-refractivity contribution is -0.113. The molecule has 0 radical (unpaired) electrons. The normalized spacial score (nSPS) is 14.5. The van der Waals surface area contributed by atoms with Gasteiger partial charge in [-0.15, -0.1) is 0 Å². The number of hydrogen-bond acceptors (Lipinski definition) is 6. The molecular formula is C35H28ClN3O4S. The topological polar surface area (TPSA) is 81.9 Å². The molecule has 6 rings (SSSR count). The minimum atomic E-state index is -0.721. The summed E-state index contributed by atoms with van der Waals surface area (Å²) in [4.78, 5) is 33.2. The number of anilines is 1. The lowest BCUT2D eigenvalue weighted by Gasteiger charge is -2.25. The summed E-state index contributed by atoms with van der Waals surface area (Å²) in [5.74, 6) is 0.911. The number of fused-ring (bicyclic) bond motifs is 1. The van der Waals surface area contributed by atoms with Gasteiger partial charge in [-0.05, 0) is 66.6 Å². The summed E-state index contributed by atoms with van der Waals surface area (Å²) in [6, 6.07) is 30.9. The molecule has 0 bridgehead atoms. The summed E-state index contributed by atoms with van der Waals surface area (Å²) in [5, 5.41) is 3.61. The molecule has 4 aromatic carbocycles. The van der Waals surface area contributed by atoms with Crippen LogP contribution >= 0.6 is 22.9 Å². The van der Waals surface area contributed by atoms with Gasteiger partial charge in [0.05, 0.1) is 29.0 Å². The van der Waals surface area contributed by atoms with Gasteiger partial charge in [0.2, 0.25) is 0 Å². The van der Waals surface area contributed by atoms with Crippen molar-refractivity contribution < 1.29 is 14.3 Å². The van der Waals surface area contributed by atoms with Crippen LogP contribution in [-0.4, -0.2) is 17.6 Å². The van der Waals surface area contributed by atoms with Crippen molar-refractivity contribution >= 4 is 40.6 Å². The van der Waals surface area contributed by atoms with E-state index in [-0.39, 0.29) is 11.5 Å². The summed E-state index contributed by atoms with van der Waals surface area (Å²) in [7, 11) is 1.58. The summed E-state index contributed by atoms with van der Waals surface area (Å²) in [6.07, 6.45) is 1.81. The smallest absolute Gasteiger partial charge is 0.271 e. The first-order valence-electron chi connectivity index (χ1n) is 13.9. The number of carbonyl (C=O) groups is 1. The van der Waals surface area contributed by atoms with Gasteiger partial charge in [-0.1, -0.05) is 83.6 Å². The van der Waals surface area contributed by atoms with Gasteiger partial charge >= 0.3 is 0 Å². The first kappa shape index (κ1) is 29.2. The molecule has 1 aliphatic heterocycles. The molecular weight excluding hydrogens is 594 g/mol. The van der Waals surface area contributed by atoms with Crippen molar-refractivity contribution in [2.75, 3.05) is 12.4 Å². The molecule has 7 nitrogen and oxygen atoms in total. The molecule has 5 aromatic rings. The van der Waals surface area contributed by atoms with Crippen LogP contribution in [0.4, 0.5) is 5.69 Å². The van der Waals surface area contributed by atoms with Crippen LogP contribution in [0.15, 0.2) is 124 Å². The molecule has 0 saturated heterocycles. The Balaban J connectivity index is 1.43. The van der Waals surface area contributed by atoms with Crippen LogP contribution in [0.1, 0.15) is 29.7 Å². The maximum absolute atomic E-state index is 14.2. The van der Waals surface area contributed by atoms with E-state index in [0.717, 1.165) is 16.7 Å². The van der Waals surface area contributed by atoms with Gasteiger partial charge in [0, 0.05) is 16.3 Å². The second-order valence-corrected chi connectivity index (χ2v) is 11.6. The molecule has 1 N–H and O–H groups in total. The van der Waals surface area contributed by atoms with E-state index in [9.17, 15) is 9.59 Å². The monoisotopic (exact) mass is 621 g/mol. The third-order valence-corrected chi connectivity index (χ3v) is 8.41. The Morgan fingerprint density at radius 1 is 1.00 bits per heavy atom. The second-order valence-electron chi connectivity index (χ2n) is 10.1. The maximum Gasteiger partial charge on any atom is 0.271 e. The number of rotatable bonds is 8. The molecule has 0 fully saturated rings. The largest absolute Gasteiger partial charge is 0.497 e. The number of nitrogens with zero attached hydrogens (tertiary/aromatic N) is 2. The van der Waals surface area contributed by atoms with Crippen LogP contribution < -0.4 is 29.7 Å². The predicted molar refractivity (Wildman–Crippen MR) is 174 cm³/mol. The molecule has 0 spiro atoms. The molecule has 2 heterocycles. The SMILES string of the molecule is COc1cccc([C@H]2C(C(=O)Nc3ccccc3)=C(C)N=c3s/c(=C\c4ccccc4OCc4cccc(Cl)c4)c(=O)n32)c1. The highest BCUT2D eigenvalue weighted by Crippen LogP contribution is 2.32. The number of halogens is 1. The van der Waals surface area contributed by atoms with Crippen LogP contribution in [0.3, 0.4) is 0 Å². The van der Waals surface area contributed by atoms with E-state index in [0.29, 0.717) is 49.4 Å². The molecule has 0 aliphatic carbocycles. The van der Waals surface area contributed by atoms with Gasteiger partial charge in [0.1, 0.15) is 18.1 Å². The lowest BCUT2D eigenvalue weighted by Crippen LogP contribution is -2.40. The maximum atomic E-state index is 14.2. The van der Waals surface area contributed by atoms with Crippen LogP contribution in [0.5, 0.6) is 11.5 Å². The highest BCUT2D eigenvalue weighted by Gasteiger charge is 2.32. The summed E-state index contributed by atoms with van der Waals surface area (Å²) in [6.45, 7) is 2.12. The second kappa shape index (κ2) is 12.8. The highest BCUT2D eigenvalue weighted by atomic mass is 35.5. The zero-order chi connectivity index (χ0) is 30.6. The van der Waals surface area contributed by atoms with E-state index in [1.54, 1.807) is 18.6 Å². The number of para-hydroxylation sites is 2. The molecule has 1 amide bonds. The fourth-order valence-corrected chi connectivity index (χ4v) is 6.37. The molecule has 9 heteroatoms. The Kier molecular flexibility index (Phi) is 8.45. The molecule has 1 atom stereocenters. The number of hydrogen-bond donors (Lipinski definition) is 1. The average Bonchev–Trinajstić information content (AvgIpc) is 3.34. The third-order valence-electron chi connectivity index (χ3n) is 7.20. The van der Waals surface area contributed by atoms with Crippen molar-refractivity contribution in [1.29, 1.82) is 0 Å². The lowest BCUT2D eigenvalue weighted by atomic mass is 9.95. The van der Waals surface area contributed by atoms with Gasteiger partial charge in [0.25, 0.3) is 11.5 Å². The van der Waals surface area contributed by atoms with Gasteiger partial charge in [0.15, 0.2) is 4.80 Å². The number of aromatic nitrogens is 1. The van der Waals surface area contributed by atoms with Crippen molar-refractivity contribution in [3.8, 4) is 11.5 Å². The number of amides is 1. The Hall–Kier alpha value is -4.92. The fraction of sp³-hybridized carbons (Fsp3) is 0.114. The van der Waals surface area contributed by atoms with E-state index in [4.69, 9.17) is 26.1 Å². The predicted octanol–water partition coefficient (Wildman–Crippen LogP) is 6.11. The number of thiazole rings is 1. The third kappa shape index (κ3) is 6.08. The van der Waals surface area contributed by atoms with Crippen molar-refractivity contribution in [2.45, 2.75) is 19.6 Å². The summed E-state index contributed by atoms with van der Waals surface area (Å²) >= 11 is 7.41. The Labute approximate surface area is 263 Å². The van der Waals surface area contributed by atoms with E-state index < -0.39 is 6.04 Å². The molecule has 44 heavy (non-hydrogen) atoms. The van der Waals surface area contributed by atoms with E-state index >= 15 is 0 Å². The Bertz CT molecular complexity index is 2070. The molecule has 220 valence electrons. The van der Waals surface area contributed by atoms with Crippen LogP contribution in [-0.2, 0) is 11.4 Å². The number of methoxy groups -OCH3 is 1. The van der Waals surface area contributed by atoms with Gasteiger partial charge < -0.3 is 14.8 Å². The van der Waals surface area contributed by atoms with E-state index in [1.165, 1.54) is 11.3 Å². The van der Waals surface area contributed by atoms with Crippen LogP contribution in [0.25, 0.3) is 6.08 Å². The minimum absolute atomic E-state index is 0.260. The highest BCUT2D eigenvalue weighted by molar-refractivity contribution is 7.07. The summed E-state index contributed by atoms with van der Waals surface area (Å²) < 4.78 is 13.7. The van der Waals surface area contributed by atoms with Gasteiger partial charge in [-0.25, -0.2) is 4.99 Å². The van der Waals surface area contributed by atoms with Crippen LogP contribution in [0.2, 0.25) is 5.02 Å². The number of nitrogens with one attached hydrogen (secondary N) is 1. The Morgan fingerprint density at radius 3 is 2.57 bits per heavy atom. The van der Waals surface area contributed by atoms with Crippen molar-refractivity contribution in [1.82, 2.24) is 4.57 Å². The number of carbonyl (C=O) groups excluding carboxylic acids is 1. The number of benzene rings is 4. The zero-order valence-corrected chi connectivity index (χ0v) is 25.6. The summed E-state index contributed by atoms with van der Waals surface area (Å²) in [5.41, 5.74) is 3.71. The van der Waals surface area contributed by atoms with Crippen molar-refractivity contribution in [2.24, 2.45) is 4.99 Å². The minimum Gasteiger partial charge on any atom is -0.497 e. The Morgan fingerprint density at radius 2 is 1.77 bits per heavy atom. The molecule has 1 aliphatic rings. The van der Waals surface area contributed by atoms with Crippen LogP contribution in [0, 0.1) is 0 Å². The van der Waals surface area contributed by atoms with Gasteiger partial charge in [-0.3, -0.25) is 14.2 Å². The molecule has 1 aromatic heterocycles. The average molecular weight is 622 g/mol. The van der Waals surface area contributed by atoms with Crippen molar-refractivity contribution in [3.05, 3.63) is 156 Å². The molecule has 0 unspecified atom stereocenters. The van der Waals surface area contributed by atoms with E-state index in [2.05, 4.69) is 5.32 Å². The number of allylic oxidation sites excluding steroid dienone is 1. The quantitative estimate of drug-likeness (QED) is 0.227. The van der Waals surface area contributed by atoms with Gasteiger partial charge in [-0.2, -0.15) is 0 Å². The fourth-order valence-electron chi connectivity index (χ4n) is 5.12. The first-order chi connectivity index (χ1) is 21.4. The first-order valence-corrected chi connectivity index (χ1v) is 15.1. The number of ether oxygens (including phenoxy) is 2. The standard InChI is InChI=1S/C35H28ClN3O4S/c1-22-31(33(40)38-27-14-4-3-5-15-27)32(25-12-9-16-28(19-25)42-2)39-34(41)30(44-35(39)37-22)20-24-11-6-7-17-29(24)43-21-23-10-8-13-26(36)18-23/h3-20,32H,21H2,1-2H3,(H,38,40)/b30-20-/t32-/m0/s1. The zero-order valence-electron chi connectivity index (χ0n) is 24.0. The van der Waals surface area contributed by atoms with Crippen molar-refractivity contribution in [3.63, 3.8) is 0 Å². The molecule has 0 saturated carbocycles.